The van der Waals surface area contributed by atoms with Crippen molar-refractivity contribution in [2.24, 2.45) is 5.73 Å². The van der Waals surface area contributed by atoms with Crippen LogP contribution in [0.5, 0.6) is 0 Å². The number of nitrogens with one attached hydrogen (secondary N) is 1. The number of hydrogen-bond donors (Lipinski definition) is 2. The third-order valence-corrected chi connectivity index (χ3v) is 4.60. The van der Waals surface area contributed by atoms with Crippen LogP contribution in [0.25, 0.3) is 0 Å². The van der Waals surface area contributed by atoms with Crippen molar-refractivity contribution >= 4 is 0 Å². The Morgan fingerprint density at radius 1 is 1.21 bits per heavy atom. The van der Waals surface area contributed by atoms with Gasteiger partial charge in [-0.2, -0.15) is 13.2 Å². The van der Waals surface area contributed by atoms with Gasteiger partial charge in [0.1, 0.15) is 6.17 Å². The minimum absolute atomic E-state index is 0.0756. The van der Waals surface area contributed by atoms with E-state index < -0.39 is 42.4 Å². The zero-order valence-electron chi connectivity index (χ0n) is 12.8. The van der Waals surface area contributed by atoms with Crippen LogP contribution in [0.3, 0.4) is 0 Å². The Kier molecular flexibility index (Phi) is 4.42. The SMILES string of the molecule is N[C@@H]1CC[C@@H](c2cccc(F)c2F)CN2C(CC(F)(F)F)=CNC12. The third kappa shape index (κ3) is 3.33. The van der Waals surface area contributed by atoms with Gasteiger partial charge in [-0.3, -0.25) is 0 Å². The van der Waals surface area contributed by atoms with E-state index in [0.717, 1.165) is 6.07 Å². The van der Waals surface area contributed by atoms with Gasteiger partial charge in [-0.15, -0.1) is 0 Å². The third-order valence-electron chi connectivity index (χ3n) is 4.60. The minimum Gasteiger partial charge on any atom is -0.368 e. The molecule has 0 radical (unpaired) electrons. The fourth-order valence-electron chi connectivity index (χ4n) is 3.45. The lowest BCUT2D eigenvalue weighted by Gasteiger charge is -2.32. The summed E-state index contributed by atoms with van der Waals surface area (Å²) in [6.45, 7) is 0.160. The molecule has 2 aliphatic rings. The van der Waals surface area contributed by atoms with Crippen LogP contribution < -0.4 is 11.1 Å². The van der Waals surface area contributed by atoms with Crippen molar-refractivity contribution in [1.29, 1.82) is 0 Å². The fraction of sp³-hybridized carbons (Fsp3) is 0.500. The highest BCUT2D eigenvalue weighted by Gasteiger charge is 2.40. The number of benzene rings is 1. The molecule has 3 nitrogen and oxygen atoms in total. The second-order valence-electron chi connectivity index (χ2n) is 6.27. The van der Waals surface area contributed by atoms with E-state index in [2.05, 4.69) is 5.32 Å². The number of rotatable bonds is 2. The van der Waals surface area contributed by atoms with E-state index in [4.69, 9.17) is 5.73 Å². The first-order chi connectivity index (χ1) is 11.3. The molecule has 3 rings (SSSR count). The normalized spacial score (nSPS) is 27.3. The average Bonchev–Trinajstić information content (AvgIpc) is 2.78. The molecule has 8 heteroatoms. The van der Waals surface area contributed by atoms with E-state index >= 15 is 0 Å². The lowest BCUT2D eigenvalue weighted by atomic mass is 9.93. The molecular formula is C16H18F5N3. The van der Waals surface area contributed by atoms with Crippen LogP contribution in [-0.2, 0) is 0 Å². The number of hydrogen-bond acceptors (Lipinski definition) is 3. The van der Waals surface area contributed by atoms with E-state index in [1.165, 1.54) is 18.3 Å². The van der Waals surface area contributed by atoms with Gasteiger partial charge in [0.25, 0.3) is 0 Å². The van der Waals surface area contributed by atoms with Crippen molar-refractivity contribution in [3.05, 3.63) is 47.3 Å². The van der Waals surface area contributed by atoms with Gasteiger partial charge < -0.3 is 16.0 Å². The zero-order valence-corrected chi connectivity index (χ0v) is 12.8. The molecule has 1 aromatic carbocycles. The second-order valence-corrected chi connectivity index (χ2v) is 6.27. The highest BCUT2D eigenvalue weighted by molar-refractivity contribution is 5.25. The topological polar surface area (TPSA) is 41.3 Å². The van der Waals surface area contributed by atoms with E-state index in [0.29, 0.717) is 12.8 Å². The zero-order chi connectivity index (χ0) is 17.5. The van der Waals surface area contributed by atoms with Crippen molar-refractivity contribution in [2.75, 3.05) is 6.54 Å². The van der Waals surface area contributed by atoms with E-state index in [-0.39, 0.29) is 17.8 Å². The van der Waals surface area contributed by atoms with Gasteiger partial charge in [0.05, 0.1) is 6.42 Å². The molecule has 1 unspecified atom stereocenters. The summed E-state index contributed by atoms with van der Waals surface area (Å²) in [4.78, 5) is 1.54. The van der Waals surface area contributed by atoms with Gasteiger partial charge >= 0.3 is 6.18 Å². The number of halogens is 5. The Labute approximate surface area is 136 Å². The van der Waals surface area contributed by atoms with Crippen LogP contribution in [0, 0.1) is 11.6 Å². The minimum atomic E-state index is -4.35. The van der Waals surface area contributed by atoms with Crippen molar-refractivity contribution < 1.29 is 22.0 Å². The molecule has 3 N–H and O–H groups in total. The lowest BCUT2D eigenvalue weighted by Crippen LogP contribution is -2.49. The number of alkyl halides is 3. The predicted octanol–water partition coefficient (Wildman–Crippen LogP) is 3.19. The summed E-state index contributed by atoms with van der Waals surface area (Å²) >= 11 is 0. The van der Waals surface area contributed by atoms with Crippen LogP contribution in [0.15, 0.2) is 30.1 Å². The Hall–Kier alpha value is -1.83. The molecule has 0 aliphatic carbocycles. The van der Waals surface area contributed by atoms with Crippen molar-refractivity contribution in [3.8, 4) is 0 Å². The average molecular weight is 347 g/mol. The van der Waals surface area contributed by atoms with Crippen LogP contribution in [0.4, 0.5) is 22.0 Å². The summed E-state index contributed by atoms with van der Waals surface area (Å²) in [5, 5.41) is 2.89. The number of allylic oxidation sites excluding steroid dienone is 1. The first-order valence-corrected chi connectivity index (χ1v) is 7.74. The van der Waals surface area contributed by atoms with Crippen LogP contribution in [0.2, 0.25) is 0 Å². The van der Waals surface area contributed by atoms with Gasteiger partial charge in [0.15, 0.2) is 11.6 Å². The Balaban J connectivity index is 1.87. The smallest absolute Gasteiger partial charge is 0.368 e. The van der Waals surface area contributed by atoms with E-state index in [1.807, 2.05) is 0 Å². The van der Waals surface area contributed by atoms with E-state index in [1.54, 1.807) is 4.90 Å². The first kappa shape index (κ1) is 17.0. The van der Waals surface area contributed by atoms with Crippen molar-refractivity contribution in [1.82, 2.24) is 10.2 Å². The molecule has 1 fully saturated rings. The van der Waals surface area contributed by atoms with Gasteiger partial charge in [-0.1, -0.05) is 12.1 Å². The number of nitrogens with two attached hydrogens (primary N) is 1. The predicted molar refractivity (Wildman–Crippen MR) is 78.7 cm³/mol. The quantitative estimate of drug-likeness (QED) is 0.808. The maximum Gasteiger partial charge on any atom is 0.394 e. The highest BCUT2D eigenvalue weighted by Crippen LogP contribution is 2.36. The molecule has 0 amide bonds. The molecule has 2 aliphatic heterocycles. The molecule has 3 atom stereocenters. The van der Waals surface area contributed by atoms with Crippen molar-refractivity contribution in [2.45, 2.75) is 43.6 Å². The molecule has 0 spiro atoms. The maximum atomic E-state index is 14.1. The molecular weight excluding hydrogens is 329 g/mol. The lowest BCUT2D eigenvalue weighted by molar-refractivity contribution is -0.130. The summed E-state index contributed by atoms with van der Waals surface area (Å²) in [5.41, 5.74) is 6.32. The number of nitrogens with zero attached hydrogens (tertiary/aromatic N) is 1. The first-order valence-electron chi connectivity index (χ1n) is 7.74. The second kappa shape index (κ2) is 6.23. The highest BCUT2D eigenvalue weighted by atomic mass is 19.4. The van der Waals surface area contributed by atoms with Crippen LogP contribution >= 0.6 is 0 Å². The fourth-order valence-corrected chi connectivity index (χ4v) is 3.45. The monoisotopic (exact) mass is 347 g/mol. The number of fused-ring (bicyclic) bond motifs is 1. The Morgan fingerprint density at radius 2 is 1.96 bits per heavy atom. The summed E-state index contributed by atoms with van der Waals surface area (Å²) < 4.78 is 65.9. The van der Waals surface area contributed by atoms with Crippen molar-refractivity contribution in [3.63, 3.8) is 0 Å². The van der Waals surface area contributed by atoms with Gasteiger partial charge in [-0.05, 0) is 24.5 Å². The molecule has 1 aromatic rings. The van der Waals surface area contributed by atoms with Gasteiger partial charge in [0.2, 0.25) is 0 Å². The molecule has 0 bridgehead atoms. The summed E-state index contributed by atoms with van der Waals surface area (Å²) in [5.74, 6) is -2.32. The van der Waals surface area contributed by atoms with Crippen LogP contribution in [-0.4, -0.2) is 29.8 Å². The maximum absolute atomic E-state index is 14.1. The summed E-state index contributed by atoms with van der Waals surface area (Å²) in [6.07, 6.45) is -3.58. The van der Waals surface area contributed by atoms with Gasteiger partial charge in [0, 0.05) is 30.4 Å². The Morgan fingerprint density at radius 3 is 2.67 bits per heavy atom. The molecule has 0 saturated carbocycles. The largest absolute Gasteiger partial charge is 0.394 e. The van der Waals surface area contributed by atoms with E-state index in [9.17, 15) is 22.0 Å². The molecule has 2 heterocycles. The summed E-state index contributed by atoms with van der Waals surface area (Å²) in [7, 11) is 0. The van der Waals surface area contributed by atoms with Gasteiger partial charge in [-0.25, -0.2) is 8.78 Å². The van der Waals surface area contributed by atoms with Crippen LogP contribution in [0.1, 0.15) is 30.7 Å². The molecule has 24 heavy (non-hydrogen) atoms. The standard InChI is InChI=1S/C16H18F5N3/c17-12-3-1-2-11(14(12)18)9-4-5-13(22)15-23-7-10(24(15)8-9)6-16(19,20)21/h1-3,7,9,13,15,23H,4-6,8,22H2/t9-,13-,15?/m1/s1. The molecule has 132 valence electrons. The molecule has 1 saturated heterocycles. The molecule has 0 aromatic heterocycles. The summed E-state index contributed by atoms with van der Waals surface area (Å²) in [6, 6.07) is 3.51. The Bertz CT molecular complexity index is 643.